The number of aliphatic hydroxyl groups is 1. The van der Waals surface area contributed by atoms with Gasteiger partial charge in [0.15, 0.2) is 0 Å². The van der Waals surface area contributed by atoms with Crippen molar-refractivity contribution in [2.75, 3.05) is 26.4 Å². The van der Waals surface area contributed by atoms with Crippen LogP contribution in [0.2, 0.25) is 0 Å². The highest BCUT2D eigenvalue weighted by Crippen LogP contribution is 2.21. The summed E-state index contributed by atoms with van der Waals surface area (Å²) in [6, 6.07) is 8.21. The molecule has 2 nitrogen and oxygen atoms in total. The second kappa shape index (κ2) is 8.57. The molecule has 0 saturated carbocycles. The van der Waals surface area contributed by atoms with Gasteiger partial charge in [-0.15, -0.1) is 11.8 Å². The van der Waals surface area contributed by atoms with Crippen LogP contribution in [-0.2, 0) is 0 Å². The van der Waals surface area contributed by atoms with Crippen LogP contribution in [0.15, 0.2) is 29.2 Å². The van der Waals surface area contributed by atoms with E-state index in [0.29, 0.717) is 0 Å². The Balaban J connectivity index is 2.37. The number of hydrogen-bond donors (Lipinski definition) is 1. The first-order valence-corrected chi connectivity index (χ1v) is 7.90. The van der Waals surface area contributed by atoms with Gasteiger partial charge in [0.1, 0.15) is 0 Å². The molecule has 0 aromatic heterocycles. The summed E-state index contributed by atoms with van der Waals surface area (Å²) in [5, 5.41) is 10.1. The van der Waals surface area contributed by atoms with Gasteiger partial charge in [-0.05, 0) is 50.4 Å². The van der Waals surface area contributed by atoms with Crippen molar-refractivity contribution in [2.45, 2.75) is 37.2 Å². The van der Waals surface area contributed by atoms with E-state index in [1.165, 1.54) is 17.7 Å². The van der Waals surface area contributed by atoms with Gasteiger partial charge in [0.2, 0.25) is 0 Å². The molecule has 1 aromatic rings. The van der Waals surface area contributed by atoms with Crippen molar-refractivity contribution in [1.29, 1.82) is 0 Å². The highest BCUT2D eigenvalue weighted by molar-refractivity contribution is 7.98. The molecule has 0 aliphatic heterocycles. The van der Waals surface area contributed by atoms with Crippen LogP contribution in [0.4, 0.5) is 0 Å². The average molecular weight is 267 g/mol. The topological polar surface area (TPSA) is 23.5 Å². The van der Waals surface area contributed by atoms with Crippen LogP contribution >= 0.6 is 11.8 Å². The lowest BCUT2D eigenvalue weighted by Crippen LogP contribution is -2.22. The number of nitrogens with zero attached hydrogens (tertiary/aromatic N) is 1. The summed E-state index contributed by atoms with van der Waals surface area (Å²) in [6.07, 6.45) is 4.98. The third kappa shape index (κ3) is 5.42. The van der Waals surface area contributed by atoms with Crippen molar-refractivity contribution in [1.82, 2.24) is 4.90 Å². The third-order valence-electron chi connectivity index (χ3n) is 3.18. The second-order valence-corrected chi connectivity index (χ2v) is 5.61. The van der Waals surface area contributed by atoms with Gasteiger partial charge >= 0.3 is 0 Å². The van der Waals surface area contributed by atoms with Gasteiger partial charge in [-0.25, -0.2) is 0 Å². The number of rotatable bonds is 8. The molecule has 1 aromatic carbocycles. The highest BCUT2D eigenvalue weighted by Gasteiger charge is 2.08. The van der Waals surface area contributed by atoms with Crippen LogP contribution in [-0.4, -0.2) is 36.4 Å². The summed E-state index contributed by atoms with van der Waals surface area (Å²) in [4.78, 5) is 3.54. The molecule has 1 N–H and O–H groups in total. The maximum absolute atomic E-state index is 10.1. The van der Waals surface area contributed by atoms with Crippen LogP contribution in [0.1, 0.15) is 37.9 Å². The summed E-state index contributed by atoms with van der Waals surface area (Å²) in [7, 11) is 2.12. The summed E-state index contributed by atoms with van der Waals surface area (Å²) >= 11 is 1.73. The minimum absolute atomic E-state index is 0.343. The molecule has 18 heavy (non-hydrogen) atoms. The quantitative estimate of drug-likeness (QED) is 0.728. The smallest absolute Gasteiger partial charge is 0.0802 e. The van der Waals surface area contributed by atoms with Gasteiger partial charge in [-0.2, -0.15) is 0 Å². The Bertz CT molecular complexity index is 326. The summed E-state index contributed by atoms with van der Waals surface area (Å²) < 4.78 is 0. The molecule has 0 fully saturated rings. The van der Waals surface area contributed by atoms with E-state index in [4.69, 9.17) is 0 Å². The molecular formula is C15H25NOS. The molecule has 1 atom stereocenters. The molecule has 102 valence electrons. The van der Waals surface area contributed by atoms with E-state index in [1.54, 1.807) is 11.8 Å². The first-order chi connectivity index (χ1) is 8.67. The Hall–Kier alpha value is -0.510. The highest BCUT2D eigenvalue weighted by atomic mass is 32.2. The minimum atomic E-state index is -0.343. The molecule has 1 unspecified atom stereocenters. The SMILES string of the molecule is CCCCN(C)CCC(O)c1ccc(SC)cc1. The Morgan fingerprint density at radius 1 is 1.22 bits per heavy atom. The van der Waals surface area contributed by atoms with Gasteiger partial charge in [0.25, 0.3) is 0 Å². The number of benzene rings is 1. The molecule has 0 amide bonds. The molecular weight excluding hydrogens is 242 g/mol. The summed E-state index contributed by atoms with van der Waals surface area (Å²) in [5.74, 6) is 0. The van der Waals surface area contributed by atoms with E-state index >= 15 is 0 Å². The van der Waals surface area contributed by atoms with Crippen molar-refractivity contribution in [3.8, 4) is 0 Å². The third-order valence-corrected chi connectivity index (χ3v) is 3.92. The molecule has 3 heteroatoms. The zero-order valence-electron chi connectivity index (χ0n) is 11.7. The lowest BCUT2D eigenvalue weighted by atomic mass is 10.1. The first kappa shape index (κ1) is 15.5. The zero-order chi connectivity index (χ0) is 13.4. The molecule has 0 bridgehead atoms. The molecule has 0 heterocycles. The Labute approximate surface area is 115 Å². The average Bonchev–Trinajstić information content (AvgIpc) is 2.42. The molecule has 1 rings (SSSR count). The van der Waals surface area contributed by atoms with Gasteiger partial charge < -0.3 is 10.0 Å². The Morgan fingerprint density at radius 3 is 2.44 bits per heavy atom. The van der Waals surface area contributed by atoms with E-state index < -0.39 is 0 Å². The fraction of sp³-hybridized carbons (Fsp3) is 0.600. The first-order valence-electron chi connectivity index (χ1n) is 6.68. The summed E-state index contributed by atoms with van der Waals surface area (Å²) in [5.41, 5.74) is 1.02. The largest absolute Gasteiger partial charge is 0.388 e. The van der Waals surface area contributed by atoms with Crippen LogP contribution in [0.3, 0.4) is 0 Å². The molecule has 0 aliphatic carbocycles. The maximum Gasteiger partial charge on any atom is 0.0802 e. The van der Waals surface area contributed by atoms with Crippen molar-refractivity contribution < 1.29 is 5.11 Å². The van der Waals surface area contributed by atoms with E-state index in [9.17, 15) is 5.11 Å². The van der Waals surface area contributed by atoms with Crippen molar-refractivity contribution in [3.63, 3.8) is 0 Å². The number of unbranched alkanes of at least 4 members (excludes halogenated alkanes) is 1. The minimum Gasteiger partial charge on any atom is -0.388 e. The van der Waals surface area contributed by atoms with Gasteiger partial charge in [-0.3, -0.25) is 0 Å². The Morgan fingerprint density at radius 2 is 1.89 bits per heavy atom. The fourth-order valence-corrected chi connectivity index (χ4v) is 2.28. The molecule has 0 saturated heterocycles. The second-order valence-electron chi connectivity index (χ2n) is 4.73. The fourth-order valence-electron chi connectivity index (χ4n) is 1.88. The zero-order valence-corrected chi connectivity index (χ0v) is 12.5. The predicted octanol–water partition coefficient (Wildman–Crippen LogP) is 3.56. The van der Waals surface area contributed by atoms with Crippen molar-refractivity contribution in [2.24, 2.45) is 0 Å². The number of aliphatic hydroxyl groups excluding tert-OH is 1. The maximum atomic E-state index is 10.1. The standard InChI is InChI=1S/C15H25NOS/c1-4-5-11-16(2)12-10-15(17)13-6-8-14(18-3)9-7-13/h6-9,15,17H,4-5,10-12H2,1-3H3. The number of thioether (sulfide) groups is 1. The van der Waals surface area contributed by atoms with Crippen LogP contribution in [0.5, 0.6) is 0 Å². The lowest BCUT2D eigenvalue weighted by molar-refractivity contribution is 0.148. The van der Waals surface area contributed by atoms with Crippen LogP contribution in [0.25, 0.3) is 0 Å². The predicted molar refractivity (Wildman–Crippen MR) is 80.2 cm³/mol. The van der Waals surface area contributed by atoms with Crippen LogP contribution in [0, 0.1) is 0 Å². The van der Waals surface area contributed by atoms with E-state index in [1.807, 2.05) is 12.1 Å². The normalized spacial score (nSPS) is 12.9. The van der Waals surface area contributed by atoms with Crippen molar-refractivity contribution >= 4 is 11.8 Å². The number of hydrogen-bond acceptors (Lipinski definition) is 3. The van der Waals surface area contributed by atoms with Gasteiger partial charge in [0.05, 0.1) is 6.10 Å². The van der Waals surface area contributed by atoms with Gasteiger partial charge in [0, 0.05) is 11.4 Å². The van der Waals surface area contributed by atoms with E-state index in [-0.39, 0.29) is 6.10 Å². The molecule has 0 spiro atoms. The summed E-state index contributed by atoms with van der Waals surface area (Å²) in [6.45, 7) is 4.27. The van der Waals surface area contributed by atoms with Crippen molar-refractivity contribution in [3.05, 3.63) is 29.8 Å². The molecule has 0 aliphatic rings. The lowest BCUT2D eigenvalue weighted by Gasteiger charge is -2.18. The Kier molecular flexibility index (Phi) is 7.40. The van der Waals surface area contributed by atoms with Crippen LogP contribution < -0.4 is 0 Å². The monoisotopic (exact) mass is 267 g/mol. The van der Waals surface area contributed by atoms with E-state index in [2.05, 4.69) is 37.3 Å². The van der Waals surface area contributed by atoms with E-state index in [0.717, 1.165) is 25.1 Å². The molecule has 0 radical (unpaired) electrons. The van der Waals surface area contributed by atoms with Gasteiger partial charge in [-0.1, -0.05) is 25.5 Å².